The highest BCUT2D eigenvalue weighted by Crippen LogP contribution is 2.38. The van der Waals surface area contributed by atoms with Crippen LogP contribution in [-0.2, 0) is 0 Å². The van der Waals surface area contributed by atoms with E-state index in [-0.39, 0.29) is 0 Å². The van der Waals surface area contributed by atoms with Gasteiger partial charge in [0.05, 0.1) is 28.5 Å². The lowest BCUT2D eigenvalue weighted by molar-refractivity contribution is 0.743. The molecule has 46 heavy (non-hydrogen) atoms. The standard InChI is InChI=1S/C39H27N7/c1-2-14-28(15-3-1)38-44-37(34-22-11-20-32(42-34)30-18-6-8-25-40-30)45-39(35-23-12-21-33(43-35)31-19-7-9-26-41-31)46(38)36-24-10-16-27-13-4-5-17-29(27)36/h1-26,38H. The van der Waals surface area contributed by atoms with E-state index in [2.05, 4.69) is 69.5 Å². The van der Waals surface area contributed by atoms with Crippen LogP contribution in [0.1, 0.15) is 23.1 Å². The molecule has 4 aromatic heterocycles. The molecule has 8 rings (SSSR count). The number of benzene rings is 3. The Kier molecular flexibility index (Phi) is 7.09. The summed E-state index contributed by atoms with van der Waals surface area (Å²) in [5.41, 5.74) is 6.43. The summed E-state index contributed by atoms with van der Waals surface area (Å²) in [4.78, 5) is 31.9. The van der Waals surface area contributed by atoms with E-state index in [1.807, 2.05) is 91.0 Å². The molecule has 1 aliphatic rings. The smallest absolute Gasteiger partial charge is 0.178 e. The Balaban J connectivity index is 1.37. The zero-order valence-corrected chi connectivity index (χ0v) is 24.7. The maximum Gasteiger partial charge on any atom is 0.178 e. The van der Waals surface area contributed by atoms with Crippen molar-refractivity contribution >= 4 is 28.1 Å². The fraction of sp³-hybridized carbons (Fsp3) is 0.0256. The van der Waals surface area contributed by atoms with Crippen molar-refractivity contribution in [2.24, 2.45) is 9.98 Å². The first-order valence-electron chi connectivity index (χ1n) is 15.1. The van der Waals surface area contributed by atoms with Crippen molar-refractivity contribution in [1.29, 1.82) is 0 Å². The highest BCUT2D eigenvalue weighted by molar-refractivity contribution is 6.20. The normalized spacial score (nSPS) is 14.5. The molecule has 5 heterocycles. The third kappa shape index (κ3) is 5.20. The van der Waals surface area contributed by atoms with Crippen LogP contribution in [0.4, 0.5) is 5.69 Å². The van der Waals surface area contributed by atoms with Gasteiger partial charge in [0.25, 0.3) is 0 Å². The van der Waals surface area contributed by atoms with Gasteiger partial charge in [0.15, 0.2) is 17.8 Å². The number of anilines is 1. The number of nitrogens with zero attached hydrogens (tertiary/aromatic N) is 7. The molecule has 218 valence electrons. The molecule has 1 unspecified atom stereocenters. The number of aliphatic imine (C=N–C) groups is 2. The fourth-order valence-electron chi connectivity index (χ4n) is 5.72. The van der Waals surface area contributed by atoms with E-state index in [0.29, 0.717) is 23.1 Å². The van der Waals surface area contributed by atoms with E-state index < -0.39 is 6.17 Å². The second kappa shape index (κ2) is 12.0. The molecule has 0 bridgehead atoms. The maximum atomic E-state index is 5.31. The van der Waals surface area contributed by atoms with Crippen molar-refractivity contribution in [2.75, 3.05) is 4.90 Å². The first-order chi connectivity index (χ1) is 22.8. The van der Waals surface area contributed by atoms with Gasteiger partial charge in [0.1, 0.15) is 11.4 Å². The summed E-state index contributed by atoms with van der Waals surface area (Å²) in [6.45, 7) is 0. The van der Waals surface area contributed by atoms with Crippen LogP contribution in [0.15, 0.2) is 168 Å². The van der Waals surface area contributed by atoms with Crippen LogP contribution in [0.2, 0.25) is 0 Å². The van der Waals surface area contributed by atoms with Gasteiger partial charge in [-0.3, -0.25) is 14.9 Å². The van der Waals surface area contributed by atoms with E-state index >= 15 is 0 Å². The van der Waals surface area contributed by atoms with Crippen LogP contribution >= 0.6 is 0 Å². The van der Waals surface area contributed by atoms with Gasteiger partial charge in [-0.2, -0.15) is 0 Å². The number of hydrogen-bond acceptors (Lipinski definition) is 7. The molecule has 0 saturated heterocycles. The molecule has 0 saturated carbocycles. The molecule has 7 nitrogen and oxygen atoms in total. The maximum absolute atomic E-state index is 5.31. The Morgan fingerprint density at radius 2 is 1.02 bits per heavy atom. The molecule has 0 aliphatic carbocycles. The molecular weight excluding hydrogens is 566 g/mol. The summed E-state index contributed by atoms with van der Waals surface area (Å²) in [5.74, 6) is 1.18. The predicted molar refractivity (Wildman–Crippen MR) is 184 cm³/mol. The lowest BCUT2D eigenvalue weighted by Crippen LogP contribution is -2.39. The fourth-order valence-corrected chi connectivity index (χ4v) is 5.72. The van der Waals surface area contributed by atoms with Crippen LogP contribution in [0, 0.1) is 0 Å². The van der Waals surface area contributed by atoms with Crippen LogP contribution in [-0.4, -0.2) is 31.6 Å². The largest absolute Gasteiger partial charge is 0.297 e. The topological polar surface area (TPSA) is 79.5 Å². The number of amidine groups is 2. The quantitative estimate of drug-likeness (QED) is 0.194. The monoisotopic (exact) mass is 593 g/mol. The van der Waals surface area contributed by atoms with E-state index in [0.717, 1.165) is 44.8 Å². The molecule has 7 aromatic rings. The average Bonchev–Trinajstić information content (AvgIpc) is 3.15. The van der Waals surface area contributed by atoms with Gasteiger partial charge in [-0.05, 0) is 65.5 Å². The molecule has 1 atom stereocenters. The highest BCUT2D eigenvalue weighted by Gasteiger charge is 2.33. The van der Waals surface area contributed by atoms with Crippen LogP contribution in [0.3, 0.4) is 0 Å². The Morgan fingerprint density at radius 3 is 1.74 bits per heavy atom. The lowest BCUT2D eigenvalue weighted by Gasteiger charge is -2.36. The van der Waals surface area contributed by atoms with Gasteiger partial charge in [-0.1, -0.05) is 91.0 Å². The molecule has 0 fully saturated rings. The van der Waals surface area contributed by atoms with Gasteiger partial charge in [0, 0.05) is 17.8 Å². The van der Waals surface area contributed by atoms with E-state index in [4.69, 9.17) is 20.0 Å². The number of fused-ring (bicyclic) bond motifs is 1. The molecule has 7 heteroatoms. The van der Waals surface area contributed by atoms with E-state index in [9.17, 15) is 0 Å². The summed E-state index contributed by atoms with van der Waals surface area (Å²) in [6, 6.07) is 48.5. The molecule has 0 radical (unpaired) electrons. The Bertz CT molecular complexity index is 2210. The highest BCUT2D eigenvalue weighted by atomic mass is 15.3. The summed E-state index contributed by atoms with van der Waals surface area (Å²) >= 11 is 0. The minimum Gasteiger partial charge on any atom is -0.297 e. The van der Waals surface area contributed by atoms with Crippen molar-refractivity contribution in [2.45, 2.75) is 6.17 Å². The lowest BCUT2D eigenvalue weighted by atomic mass is 10.0. The molecule has 3 aromatic carbocycles. The summed E-state index contributed by atoms with van der Waals surface area (Å²) in [7, 11) is 0. The van der Waals surface area contributed by atoms with Crippen molar-refractivity contribution in [3.05, 3.63) is 175 Å². The van der Waals surface area contributed by atoms with E-state index in [1.165, 1.54) is 0 Å². The Morgan fingerprint density at radius 1 is 0.457 bits per heavy atom. The average molecular weight is 594 g/mol. The van der Waals surface area contributed by atoms with Crippen LogP contribution in [0.25, 0.3) is 33.5 Å². The van der Waals surface area contributed by atoms with Crippen molar-refractivity contribution in [1.82, 2.24) is 19.9 Å². The van der Waals surface area contributed by atoms with Gasteiger partial charge in [-0.25, -0.2) is 20.0 Å². The molecule has 1 aliphatic heterocycles. The van der Waals surface area contributed by atoms with Gasteiger partial charge in [0.2, 0.25) is 0 Å². The third-order valence-electron chi connectivity index (χ3n) is 7.86. The Hall–Kier alpha value is -6.34. The second-order valence-electron chi connectivity index (χ2n) is 10.8. The van der Waals surface area contributed by atoms with E-state index in [1.54, 1.807) is 12.4 Å². The summed E-state index contributed by atoms with van der Waals surface area (Å²) in [6.07, 6.45) is 3.10. The Labute approximate surface area is 266 Å². The van der Waals surface area contributed by atoms with Gasteiger partial charge in [-0.15, -0.1) is 0 Å². The first-order valence-corrected chi connectivity index (χ1v) is 15.1. The number of pyridine rings is 4. The zero-order chi connectivity index (χ0) is 30.7. The molecule has 0 spiro atoms. The SMILES string of the molecule is c1ccc(C2N=C(c3cccc(-c4ccccn4)n3)N=C(c3cccc(-c4ccccn4)n3)N2c2cccc3ccccc23)cc1. The molecule has 0 amide bonds. The number of aromatic nitrogens is 4. The zero-order valence-electron chi connectivity index (χ0n) is 24.7. The minimum atomic E-state index is -0.449. The van der Waals surface area contributed by atoms with Gasteiger partial charge < -0.3 is 0 Å². The van der Waals surface area contributed by atoms with Crippen molar-refractivity contribution in [3.8, 4) is 22.8 Å². The summed E-state index contributed by atoms with van der Waals surface area (Å²) in [5, 5.41) is 2.22. The van der Waals surface area contributed by atoms with Gasteiger partial charge >= 0.3 is 0 Å². The predicted octanol–water partition coefficient (Wildman–Crippen LogP) is 8.17. The third-order valence-corrected chi connectivity index (χ3v) is 7.86. The molecular formula is C39H27N7. The number of hydrogen-bond donors (Lipinski definition) is 0. The van der Waals surface area contributed by atoms with Crippen LogP contribution in [0.5, 0.6) is 0 Å². The van der Waals surface area contributed by atoms with Crippen LogP contribution < -0.4 is 4.90 Å². The summed E-state index contributed by atoms with van der Waals surface area (Å²) < 4.78 is 0. The van der Waals surface area contributed by atoms with Crippen molar-refractivity contribution < 1.29 is 0 Å². The number of rotatable bonds is 6. The van der Waals surface area contributed by atoms with Crippen molar-refractivity contribution in [3.63, 3.8) is 0 Å². The molecule has 0 N–H and O–H groups in total. The second-order valence-corrected chi connectivity index (χ2v) is 10.8. The minimum absolute atomic E-state index is 0.449. The first kappa shape index (κ1) is 27.2.